The Balaban J connectivity index is 2.29. The maximum absolute atomic E-state index is 12.8. The van der Waals surface area contributed by atoms with Gasteiger partial charge in [0.2, 0.25) is 5.91 Å². The Labute approximate surface area is 128 Å². The van der Waals surface area contributed by atoms with Crippen molar-refractivity contribution in [1.82, 2.24) is 10.2 Å². The molecule has 0 spiro atoms. The fraction of sp³-hybridized carbons (Fsp3) is 0.611. The van der Waals surface area contributed by atoms with Crippen molar-refractivity contribution in [3.63, 3.8) is 0 Å². The lowest BCUT2D eigenvalue weighted by atomic mass is 10.0. The van der Waals surface area contributed by atoms with E-state index < -0.39 is 0 Å². The van der Waals surface area contributed by atoms with Gasteiger partial charge in [-0.05, 0) is 30.7 Å². The van der Waals surface area contributed by atoms with E-state index in [0.717, 1.165) is 6.42 Å². The van der Waals surface area contributed by atoms with Crippen LogP contribution in [0.1, 0.15) is 52.8 Å². The molecule has 116 valence electrons. The van der Waals surface area contributed by atoms with Crippen molar-refractivity contribution in [3.05, 3.63) is 35.9 Å². The van der Waals surface area contributed by atoms with Gasteiger partial charge in [-0.3, -0.25) is 10.1 Å². The van der Waals surface area contributed by atoms with Crippen LogP contribution in [0.2, 0.25) is 0 Å². The summed E-state index contributed by atoms with van der Waals surface area (Å²) in [4.78, 5) is 14.9. The molecule has 1 aliphatic heterocycles. The van der Waals surface area contributed by atoms with Gasteiger partial charge in [0.1, 0.15) is 6.17 Å². The maximum atomic E-state index is 12.8. The molecule has 3 nitrogen and oxygen atoms in total. The van der Waals surface area contributed by atoms with Crippen molar-refractivity contribution in [2.45, 2.75) is 59.3 Å². The fourth-order valence-electron chi connectivity index (χ4n) is 2.94. The Morgan fingerprint density at radius 2 is 1.71 bits per heavy atom. The number of hydrogen-bond acceptors (Lipinski definition) is 2. The lowest BCUT2D eigenvalue weighted by molar-refractivity contribution is -0.133. The number of hydrogen-bond donors (Lipinski definition) is 1. The zero-order chi connectivity index (χ0) is 15.6. The van der Waals surface area contributed by atoms with Gasteiger partial charge in [0.05, 0.1) is 6.04 Å². The molecule has 1 aromatic carbocycles. The van der Waals surface area contributed by atoms with Gasteiger partial charge < -0.3 is 4.90 Å². The maximum Gasteiger partial charge on any atom is 0.241 e. The van der Waals surface area contributed by atoms with Crippen molar-refractivity contribution >= 4 is 5.91 Å². The fourth-order valence-corrected chi connectivity index (χ4v) is 2.94. The summed E-state index contributed by atoms with van der Waals surface area (Å²) in [7, 11) is 0. The highest BCUT2D eigenvalue weighted by Crippen LogP contribution is 2.31. The summed E-state index contributed by atoms with van der Waals surface area (Å²) in [6, 6.07) is 10.5. The quantitative estimate of drug-likeness (QED) is 0.898. The summed E-state index contributed by atoms with van der Waals surface area (Å²) in [5.74, 6) is 1.20. The highest BCUT2D eigenvalue weighted by molar-refractivity contribution is 5.85. The number of rotatable bonds is 5. The van der Waals surface area contributed by atoms with Gasteiger partial charge in [0, 0.05) is 6.04 Å². The monoisotopic (exact) mass is 288 g/mol. The van der Waals surface area contributed by atoms with Crippen LogP contribution in [0, 0.1) is 11.8 Å². The number of nitrogens with zero attached hydrogens (tertiary/aromatic N) is 1. The summed E-state index contributed by atoms with van der Waals surface area (Å²) in [6.07, 6.45) is 0.892. The minimum Gasteiger partial charge on any atom is -0.319 e. The first-order valence-corrected chi connectivity index (χ1v) is 8.05. The molecule has 1 heterocycles. The second kappa shape index (κ2) is 6.61. The standard InChI is InChI=1S/C18H28N2O/c1-12(2)11-16-18(21)20(14(5)13(3)4)17(19-16)15-9-7-6-8-10-15/h6-10,12-14,16-17,19H,11H2,1-5H3. The molecule has 1 N–H and O–H groups in total. The van der Waals surface area contributed by atoms with Crippen LogP contribution in [0.3, 0.4) is 0 Å². The lowest BCUT2D eigenvalue weighted by Gasteiger charge is -2.33. The lowest BCUT2D eigenvalue weighted by Crippen LogP contribution is -2.41. The molecule has 21 heavy (non-hydrogen) atoms. The van der Waals surface area contributed by atoms with E-state index in [1.54, 1.807) is 0 Å². The summed E-state index contributed by atoms with van der Waals surface area (Å²) in [5, 5.41) is 3.55. The molecule has 1 aromatic rings. The van der Waals surface area contributed by atoms with E-state index in [0.29, 0.717) is 11.8 Å². The molecule has 1 amide bonds. The van der Waals surface area contributed by atoms with Crippen LogP contribution in [0.5, 0.6) is 0 Å². The average molecular weight is 288 g/mol. The molecule has 0 aliphatic carbocycles. The van der Waals surface area contributed by atoms with E-state index in [4.69, 9.17) is 0 Å². The first-order chi connectivity index (χ1) is 9.91. The van der Waals surface area contributed by atoms with Crippen LogP contribution in [-0.2, 0) is 4.79 Å². The van der Waals surface area contributed by atoms with Crippen molar-refractivity contribution in [1.29, 1.82) is 0 Å². The number of carbonyl (C=O) groups is 1. The summed E-state index contributed by atoms with van der Waals surface area (Å²) in [5.41, 5.74) is 1.17. The van der Waals surface area contributed by atoms with Crippen molar-refractivity contribution in [2.24, 2.45) is 11.8 Å². The Morgan fingerprint density at radius 1 is 1.10 bits per heavy atom. The second-order valence-electron chi connectivity index (χ2n) is 6.89. The van der Waals surface area contributed by atoms with Gasteiger partial charge in [0.15, 0.2) is 0 Å². The number of carbonyl (C=O) groups excluding carboxylic acids is 1. The average Bonchev–Trinajstić information content (AvgIpc) is 2.75. The first kappa shape index (κ1) is 16.0. The molecule has 3 unspecified atom stereocenters. The van der Waals surface area contributed by atoms with Crippen molar-refractivity contribution < 1.29 is 4.79 Å². The van der Waals surface area contributed by atoms with Crippen LogP contribution in [0.25, 0.3) is 0 Å². The smallest absolute Gasteiger partial charge is 0.241 e. The van der Waals surface area contributed by atoms with E-state index in [-0.39, 0.29) is 24.2 Å². The minimum atomic E-state index is -0.0589. The Hall–Kier alpha value is -1.35. The number of nitrogens with one attached hydrogen (secondary N) is 1. The van der Waals surface area contributed by atoms with E-state index in [1.165, 1.54) is 5.56 Å². The zero-order valence-corrected chi connectivity index (χ0v) is 13.8. The Morgan fingerprint density at radius 3 is 2.24 bits per heavy atom. The molecule has 0 radical (unpaired) electrons. The largest absolute Gasteiger partial charge is 0.319 e. The van der Waals surface area contributed by atoms with Crippen LogP contribution in [0.15, 0.2) is 30.3 Å². The van der Waals surface area contributed by atoms with E-state index in [1.807, 2.05) is 23.1 Å². The molecule has 0 aromatic heterocycles. The third-order valence-corrected chi connectivity index (χ3v) is 4.42. The molecule has 3 atom stereocenters. The zero-order valence-electron chi connectivity index (χ0n) is 13.8. The number of benzene rings is 1. The molecule has 2 rings (SSSR count). The SMILES string of the molecule is CC(C)CC1NC(c2ccccc2)N(C(C)C(C)C)C1=O. The molecular weight excluding hydrogens is 260 g/mol. The van der Waals surface area contributed by atoms with Gasteiger partial charge in [-0.15, -0.1) is 0 Å². The molecule has 0 bridgehead atoms. The Kier molecular flexibility index (Phi) is 5.04. The topological polar surface area (TPSA) is 32.3 Å². The van der Waals surface area contributed by atoms with Gasteiger partial charge >= 0.3 is 0 Å². The van der Waals surface area contributed by atoms with E-state index in [2.05, 4.69) is 52.1 Å². The van der Waals surface area contributed by atoms with Gasteiger partial charge in [0.25, 0.3) is 0 Å². The van der Waals surface area contributed by atoms with Gasteiger partial charge in [-0.1, -0.05) is 58.0 Å². The molecule has 0 saturated carbocycles. The van der Waals surface area contributed by atoms with Crippen molar-refractivity contribution in [2.75, 3.05) is 0 Å². The first-order valence-electron chi connectivity index (χ1n) is 8.05. The molecular formula is C18H28N2O. The summed E-state index contributed by atoms with van der Waals surface area (Å²) < 4.78 is 0. The molecule has 3 heteroatoms. The van der Waals surface area contributed by atoms with Gasteiger partial charge in [-0.2, -0.15) is 0 Å². The highest BCUT2D eigenvalue weighted by Gasteiger charge is 2.42. The van der Waals surface area contributed by atoms with Crippen LogP contribution < -0.4 is 5.32 Å². The van der Waals surface area contributed by atoms with Crippen LogP contribution in [0.4, 0.5) is 0 Å². The summed E-state index contributed by atoms with van der Waals surface area (Å²) in [6.45, 7) is 10.8. The molecule has 1 saturated heterocycles. The predicted molar refractivity (Wildman–Crippen MR) is 86.7 cm³/mol. The number of amides is 1. The second-order valence-corrected chi connectivity index (χ2v) is 6.89. The summed E-state index contributed by atoms with van der Waals surface area (Å²) >= 11 is 0. The van der Waals surface area contributed by atoms with E-state index >= 15 is 0 Å². The third kappa shape index (κ3) is 3.46. The molecule has 1 aliphatic rings. The highest BCUT2D eigenvalue weighted by atomic mass is 16.2. The minimum absolute atomic E-state index is 0.000139. The van der Waals surface area contributed by atoms with Crippen LogP contribution in [-0.4, -0.2) is 22.9 Å². The van der Waals surface area contributed by atoms with E-state index in [9.17, 15) is 4.79 Å². The Bertz CT molecular complexity index is 469. The van der Waals surface area contributed by atoms with Crippen LogP contribution >= 0.6 is 0 Å². The third-order valence-electron chi connectivity index (χ3n) is 4.42. The normalized spacial score (nSPS) is 24.1. The van der Waals surface area contributed by atoms with Crippen molar-refractivity contribution in [3.8, 4) is 0 Å². The molecule has 1 fully saturated rings. The van der Waals surface area contributed by atoms with Gasteiger partial charge in [-0.25, -0.2) is 0 Å². The predicted octanol–water partition coefficient (Wildman–Crippen LogP) is 3.58.